The zero-order chi connectivity index (χ0) is 29.2. The number of hydrogen-bond acceptors (Lipinski definition) is 5. The van der Waals surface area contributed by atoms with Gasteiger partial charge in [-0.3, -0.25) is 4.79 Å². The highest BCUT2D eigenvalue weighted by atomic mass is 32.2. The van der Waals surface area contributed by atoms with E-state index in [2.05, 4.69) is 10.8 Å². The third-order valence-electron chi connectivity index (χ3n) is 6.59. The predicted molar refractivity (Wildman–Crippen MR) is 145 cm³/mol. The summed E-state index contributed by atoms with van der Waals surface area (Å²) in [5.74, 6) is -1.30. The second kappa shape index (κ2) is 12.4. The molecule has 1 amide bonds. The van der Waals surface area contributed by atoms with E-state index in [4.69, 9.17) is 10.2 Å². The Morgan fingerprint density at radius 3 is 2.44 bits per heavy atom. The number of nitrogens with one attached hydrogen (secondary N) is 1. The zero-order valence-corrected chi connectivity index (χ0v) is 22.6. The van der Waals surface area contributed by atoms with E-state index >= 15 is 0 Å². The summed E-state index contributed by atoms with van der Waals surface area (Å²) in [6.45, 7) is 1.46. The quantitative estimate of drug-likeness (QED) is 0.329. The number of alkyl halides is 3. The van der Waals surface area contributed by atoms with Gasteiger partial charge in [-0.25, -0.2) is 22.5 Å². The SMILES string of the molecule is C.C[C@H](c1nc(C2CC2)cn1-c1ccc(C#N)cc1)N(CCNS(C)(=O)=O)C(=O)Cc1ccc(F)c(C(F)(F)F)c1. The maximum atomic E-state index is 13.8. The number of carbonyl (C=O) groups is 1. The van der Waals surface area contributed by atoms with Crippen molar-refractivity contribution in [3.05, 3.63) is 82.7 Å². The normalized spacial score (nSPS) is 14.2. The highest BCUT2D eigenvalue weighted by molar-refractivity contribution is 7.88. The molecule has 1 fully saturated rings. The van der Waals surface area contributed by atoms with E-state index in [1.54, 1.807) is 35.8 Å². The van der Waals surface area contributed by atoms with Crippen LogP contribution >= 0.6 is 0 Å². The number of nitriles is 1. The fourth-order valence-corrected chi connectivity index (χ4v) is 4.85. The van der Waals surface area contributed by atoms with Crippen LogP contribution in [0.4, 0.5) is 17.6 Å². The number of nitrogens with zero attached hydrogens (tertiary/aromatic N) is 4. The van der Waals surface area contributed by atoms with Crippen LogP contribution in [0.25, 0.3) is 5.69 Å². The van der Waals surface area contributed by atoms with Gasteiger partial charge < -0.3 is 9.47 Å². The van der Waals surface area contributed by atoms with Crippen molar-refractivity contribution < 1.29 is 30.8 Å². The van der Waals surface area contributed by atoms with Gasteiger partial charge in [0.05, 0.1) is 41.6 Å². The minimum atomic E-state index is -4.93. The number of imidazole rings is 1. The van der Waals surface area contributed by atoms with E-state index < -0.39 is 46.0 Å². The van der Waals surface area contributed by atoms with Crippen molar-refractivity contribution in [2.45, 2.75) is 51.7 Å². The molecular weight excluding hydrogens is 562 g/mol. The van der Waals surface area contributed by atoms with Gasteiger partial charge in [-0.15, -0.1) is 0 Å². The minimum Gasteiger partial charge on any atom is -0.331 e. The van der Waals surface area contributed by atoms with Crippen LogP contribution in [-0.4, -0.2) is 48.1 Å². The first-order chi connectivity index (χ1) is 18.8. The molecule has 3 aromatic rings. The summed E-state index contributed by atoms with van der Waals surface area (Å²) in [4.78, 5) is 19.6. The molecule has 4 rings (SSSR count). The molecule has 1 aromatic heterocycles. The van der Waals surface area contributed by atoms with Crippen molar-refractivity contribution in [1.29, 1.82) is 5.26 Å². The number of halogens is 4. The van der Waals surface area contributed by atoms with Crippen molar-refractivity contribution in [1.82, 2.24) is 19.2 Å². The lowest BCUT2D eigenvalue weighted by Crippen LogP contribution is -2.41. The number of sulfonamides is 1. The van der Waals surface area contributed by atoms with E-state index in [0.29, 0.717) is 29.2 Å². The van der Waals surface area contributed by atoms with Crippen LogP contribution in [-0.2, 0) is 27.4 Å². The Morgan fingerprint density at radius 1 is 1.22 bits per heavy atom. The molecule has 0 aliphatic heterocycles. The maximum absolute atomic E-state index is 13.8. The fourth-order valence-electron chi connectivity index (χ4n) is 4.39. The molecule has 1 aliphatic carbocycles. The number of rotatable bonds is 10. The van der Waals surface area contributed by atoms with E-state index in [1.807, 2.05) is 6.20 Å². The van der Waals surface area contributed by atoms with Crippen LogP contribution in [0.5, 0.6) is 0 Å². The molecule has 41 heavy (non-hydrogen) atoms. The highest BCUT2D eigenvalue weighted by Gasteiger charge is 2.35. The average molecular weight is 594 g/mol. The lowest BCUT2D eigenvalue weighted by atomic mass is 10.1. The number of carbonyl (C=O) groups excluding carboxylic acids is 1. The third kappa shape index (κ3) is 7.92. The average Bonchev–Trinajstić information content (AvgIpc) is 3.64. The molecule has 2 aromatic carbocycles. The molecule has 0 saturated heterocycles. The molecule has 1 heterocycles. The summed E-state index contributed by atoms with van der Waals surface area (Å²) in [5.41, 5.74) is 0.459. The lowest BCUT2D eigenvalue weighted by molar-refractivity contribution is -0.140. The van der Waals surface area contributed by atoms with Gasteiger partial charge >= 0.3 is 6.18 Å². The highest BCUT2D eigenvalue weighted by Crippen LogP contribution is 2.40. The van der Waals surface area contributed by atoms with Gasteiger partial charge in [-0.05, 0) is 61.7 Å². The van der Waals surface area contributed by atoms with Gasteiger partial charge in [0.2, 0.25) is 15.9 Å². The Morgan fingerprint density at radius 2 is 1.88 bits per heavy atom. The topological polar surface area (TPSA) is 108 Å². The zero-order valence-electron chi connectivity index (χ0n) is 21.7. The van der Waals surface area contributed by atoms with Crippen LogP contribution in [0.15, 0.2) is 48.7 Å². The predicted octanol–water partition coefficient (Wildman–Crippen LogP) is 5.10. The summed E-state index contributed by atoms with van der Waals surface area (Å²) in [6.07, 6.45) is -0.645. The van der Waals surface area contributed by atoms with E-state index in [0.717, 1.165) is 30.9 Å². The Bertz CT molecular complexity index is 1540. The minimum absolute atomic E-state index is 0. The van der Waals surface area contributed by atoms with Gasteiger partial charge in [0.1, 0.15) is 11.6 Å². The monoisotopic (exact) mass is 593 g/mol. The molecular formula is C28H31F4N5O3S. The maximum Gasteiger partial charge on any atom is 0.419 e. The Balaban J connectivity index is 0.00000462. The first-order valence-electron chi connectivity index (χ1n) is 12.5. The molecule has 1 N–H and O–H groups in total. The van der Waals surface area contributed by atoms with Crippen LogP contribution in [0, 0.1) is 17.1 Å². The number of amides is 1. The fraction of sp³-hybridized carbons (Fsp3) is 0.393. The van der Waals surface area contributed by atoms with Crippen molar-refractivity contribution in [3.8, 4) is 11.8 Å². The van der Waals surface area contributed by atoms with Gasteiger partial charge in [0, 0.05) is 30.9 Å². The molecule has 1 atom stereocenters. The van der Waals surface area contributed by atoms with Crippen LogP contribution in [0.2, 0.25) is 0 Å². The summed E-state index contributed by atoms with van der Waals surface area (Å²) >= 11 is 0. The third-order valence-corrected chi connectivity index (χ3v) is 7.32. The van der Waals surface area contributed by atoms with Crippen molar-refractivity contribution in [2.24, 2.45) is 0 Å². The van der Waals surface area contributed by atoms with Crippen molar-refractivity contribution in [2.75, 3.05) is 19.3 Å². The Labute approximate surface area is 236 Å². The van der Waals surface area contributed by atoms with Crippen LogP contribution in [0.1, 0.15) is 67.4 Å². The molecule has 220 valence electrons. The van der Waals surface area contributed by atoms with Gasteiger partial charge in [-0.1, -0.05) is 13.5 Å². The molecule has 8 nitrogen and oxygen atoms in total. The smallest absolute Gasteiger partial charge is 0.331 e. The molecule has 0 radical (unpaired) electrons. The van der Waals surface area contributed by atoms with Crippen molar-refractivity contribution >= 4 is 15.9 Å². The summed E-state index contributed by atoms with van der Waals surface area (Å²) in [6, 6.07) is 10.5. The van der Waals surface area contributed by atoms with E-state index in [1.165, 1.54) is 4.90 Å². The van der Waals surface area contributed by atoms with Crippen molar-refractivity contribution in [3.63, 3.8) is 0 Å². The summed E-state index contributed by atoms with van der Waals surface area (Å²) < 4.78 is 81.0. The molecule has 0 bridgehead atoms. The largest absolute Gasteiger partial charge is 0.419 e. The van der Waals surface area contributed by atoms with E-state index in [9.17, 15) is 30.8 Å². The first-order valence-corrected chi connectivity index (χ1v) is 14.4. The standard InChI is InChI=1S/C27H27F4N5O3S.CH4/c1-17(26-34-24(20-6-7-20)16-36(26)21-8-3-18(15-32)4-9-21)35(12-11-33-40(2,38)39)25(37)14-19-5-10-23(28)22(13-19)27(29,30)31;/h3-5,8-10,13,16-17,20,33H,6-7,11-12,14H2,1-2H3;1H4/t17-;/m1./s1. The molecule has 1 saturated carbocycles. The molecule has 0 unspecified atom stereocenters. The Hall–Kier alpha value is -3.76. The summed E-state index contributed by atoms with van der Waals surface area (Å²) in [5, 5.41) is 9.15. The molecule has 1 aliphatic rings. The lowest BCUT2D eigenvalue weighted by Gasteiger charge is -2.30. The van der Waals surface area contributed by atoms with Gasteiger partial charge in [0.25, 0.3) is 0 Å². The number of benzene rings is 2. The first kappa shape index (κ1) is 31.8. The second-order valence-electron chi connectivity index (χ2n) is 9.75. The summed E-state index contributed by atoms with van der Waals surface area (Å²) in [7, 11) is -3.58. The molecule has 13 heteroatoms. The number of aromatic nitrogens is 2. The second-order valence-corrected chi connectivity index (χ2v) is 11.6. The van der Waals surface area contributed by atoms with E-state index in [-0.39, 0.29) is 32.0 Å². The van der Waals surface area contributed by atoms with Gasteiger partial charge in [0.15, 0.2) is 0 Å². The number of hydrogen-bond donors (Lipinski definition) is 1. The van der Waals surface area contributed by atoms with Gasteiger partial charge in [-0.2, -0.15) is 18.4 Å². The Kier molecular flexibility index (Phi) is 9.61. The van der Waals surface area contributed by atoms with Crippen LogP contribution in [0.3, 0.4) is 0 Å². The molecule has 0 spiro atoms. The van der Waals surface area contributed by atoms with Crippen LogP contribution < -0.4 is 4.72 Å².